The summed E-state index contributed by atoms with van der Waals surface area (Å²) in [6.07, 6.45) is 0.623. The van der Waals surface area contributed by atoms with Gasteiger partial charge in [-0.25, -0.2) is 4.79 Å². The Kier molecular flexibility index (Phi) is 2.92. The van der Waals surface area contributed by atoms with Gasteiger partial charge in [0.05, 0.1) is 6.54 Å². The van der Waals surface area contributed by atoms with Crippen LogP contribution in [0.2, 0.25) is 0 Å². The molecule has 0 aromatic carbocycles. The molecular weight excluding hydrogens is 156 g/mol. The number of rotatable bonds is 3. The van der Waals surface area contributed by atoms with E-state index in [0.29, 0.717) is 13.1 Å². The fourth-order valence-corrected chi connectivity index (χ4v) is 1.24. The van der Waals surface area contributed by atoms with Gasteiger partial charge >= 0.3 is 6.09 Å². The molecule has 0 bridgehead atoms. The molecule has 0 radical (unpaired) electrons. The van der Waals surface area contributed by atoms with Gasteiger partial charge in [0.1, 0.15) is 6.10 Å². The van der Waals surface area contributed by atoms with Gasteiger partial charge in [-0.05, 0) is 13.3 Å². The smallest absolute Gasteiger partial charge is 0.410 e. The number of nitrogens with zero attached hydrogens (tertiary/aromatic N) is 1. The average molecular weight is 172 g/mol. The average Bonchev–Trinajstić information content (AvgIpc) is 2.45. The van der Waals surface area contributed by atoms with Crippen molar-refractivity contribution in [3.63, 3.8) is 0 Å². The van der Waals surface area contributed by atoms with Crippen LogP contribution < -0.4 is 5.73 Å². The molecule has 0 saturated carbocycles. The summed E-state index contributed by atoms with van der Waals surface area (Å²) >= 11 is 0. The zero-order valence-electron chi connectivity index (χ0n) is 7.62. The van der Waals surface area contributed by atoms with Crippen molar-refractivity contribution in [1.29, 1.82) is 0 Å². The number of amides is 1. The zero-order chi connectivity index (χ0) is 9.14. The van der Waals surface area contributed by atoms with Gasteiger partial charge in [-0.3, -0.25) is 0 Å². The molecule has 1 fully saturated rings. The van der Waals surface area contributed by atoms with E-state index in [1.165, 1.54) is 0 Å². The second-order valence-electron chi connectivity index (χ2n) is 3.15. The molecule has 1 aliphatic heterocycles. The minimum Gasteiger partial charge on any atom is -0.443 e. The van der Waals surface area contributed by atoms with Gasteiger partial charge in [0.15, 0.2) is 0 Å². The topological polar surface area (TPSA) is 55.6 Å². The summed E-state index contributed by atoms with van der Waals surface area (Å²) in [5, 5.41) is 0. The first-order valence-electron chi connectivity index (χ1n) is 4.36. The molecule has 0 aromatic rings. The van der Waals surface area contributed by atoms with Crippen molar-refractivity contribution in [3.8, 4) is 0 Å². The number of ether oxygens (including phenoxy) is 1. The second kappa shape index (κ2) is 3.76. The Morgan fingerprint density at radius 2 is 2.50 bits per heavy atom. The molecule has 1 rings (SSSR count). The summed E-state index contributed by atoms with van der Waals surface area (Å²) in [4.78, 5) is 12.9. The maximum absolute atomic E-state index is 11.2. The molecule has 2 unspecified atom stereocenters. The Morgan fingerprint density at radius 1 is 1.83 bits per heavy atom. The molecule has 4 nitrogen and oxygen atoms in total. The monoisotopic (exact) mass is 172 g/mol. The molecule has 12 heavy (non-hydrogen) atoms. The lowest BCUT2D eigenvalue weighted by Crippen LogP contribution is -2.34. The molecule has 4 heteroatoms. The molecule has 1 saturated heterocycles. The van der Waals surface area contributed by atoms with E-state index in [1.54, 1.807) is 4.90 Å². The van der Waals surface area contributed by atoms with Crippen molar-refractivity contribution in [1.82, 2.24) is 4.90 Å². The van der Waals surface area contributed by atoms with Crippen molar-refractivity contribution in [2.75, 3.05) is 13.1 Å². The SMILES string of the molecule is CCC(C)N1CC(CN)OC1=O. The van der Waals surface area contributed by atoms with Crippen LogP contribution in [-0.2, 0) is 4.74 Å². The molecule has 1 heterocycles. The number of carbonyl (C=O) groups is 1. The summed E-state index contributed by atoms with van der Waals surface area (Å²) in [5.41, 5.74) is 5.40. The van der Waals surface area contributed by atoms with E-state index in [4.69, 9.17) is 10.5 Å². The van der Waals surface area contributed by atoms with Crippen LogP contribution in [0.5, 0.6) is 0 Å². The molecule has 0 aliphatic carbocycles. The van der Waals surface area contributed by atoms with Crippen LogP contribution in [0.15, 0.2) is 0 Å². The van der Waals surface area contributed by atoms with Gasteiger partial charge in [0, 0.05) is 12.6 Å². The molecule has 1 aliphatic rings. The Morgan fingerprint density at radius 3 is 2.92 bits per heavy atom. The van der Waals surface area contributed by atoms with E-state index in [9.17, 15) is 4.79 Å². The summed E-state index contributed by atoms with van der Waals surface area (Å²) in [6, 6.07) is 0.258. The second-order valence-corrected chi connectivity index (χ2v) is 3.15. The number of nitrogens with two attached hydrogens (primary N) is 1. The van der Waals surface area contributed by atoms with Crippen molar-refractivity contribution < 1.29 is 9.53 Å². The summed E-state index contributed by atoms with van der Waals surface area (Å²) < 4.78 is 5.01. The van der Waals surface area contributed by atoms with E-state index >= 15 is 0 Å². The fourth-order valence-electron chi connectivity index (χ4n) is 1.24. The van der Waals surface area contributed by atoms with E-state index in [1.807, 2.05) is 13.8 Å². The summed E-state index contributed by atoms with van der Waals surface area (Å²) in [6.45, 7) is 5.12. The third kappa shape index (κ3) is 1.69. The Balaban J connectivity index is 2.51. The van der Waals surface area contributed by atoms with Crippen LogP contribution in [0.25, 0.3) is 0 Å². The van der Waals surface area contributed by atoms with Crippen molar-refractivity contribution in [3.05, 3.63) is 0 Å². The highest BCUT2D eigenvalue weighted by molar-refractivity contribution is 5.70. The van der Waals surface area contributed by atoms with Crippen molar-refractivity contribution in [2.24, 2.45) is 5.73 Å². The zero-order valence-corrected chi connectivity index (χ0v) is 7.62. The number of carbonyl (C=O) groups excluding carboxylic acids is 1. The van der Waals surface area contributed by atoms with Crippen LogP contribution in [0.3, 0.4) is 0 Å². The largest absolute Gasteiger partial charge is 0.443 e. The van der Waals surface area contributed by atoms with Gasteiger partial charge in [-0.1, -0.05) is 6.92 Å². The van der Waals surface area contributed by atoms with Crippen molar-refractivity contribution >= 4 is 6.09 Å². The van der Waals surface area contributed by atoms with Gasteiger partial charge in [0.25, 0.3) is 0 Å². The number of cyclic esters (lactones) is 1. The first-order valence-corrected chi connectivity index (χ1v) is 4.36. The summed E-state index contributed by atoms with van der Waals surface area (Å²) in [7, 11) is 0. The molecule has 1 amide bonds. The quantitative estimate of drug-likeness (QED) is 0.677. The maximum Gasteiger partial charge on any atom is 0.410 e. The van der Waals surface area contributed by atoms with E-state index < -0.39 is 0 Å². The van der Waals surface area contributed by atoms with Crippen LogP contribution in [0, 0.1) is 0 Å². The highest BCUT2D eigenvalue weighted by Crippen LogP contribution is 2.15. The lowest BCUT2D eigenvalue weighted by molar-refractivity contribution is 0.130. The molecule has 0 aromatic heterocycles. The van der Waals surface area contributed by atoms with Gasteiger partial charge in [-0.15, -0.1) is 0 Å². The van der Waals surface area contributed by atoms with Gasteiger partial charge in [0.2, 0.25) is 0 Å². The molecule has 2 atom stereocenters. The third-order valence-electron chi connectivity index (χ3n) is 2.29. The molecule has 70 valence electrons. The first-order chi connectivity index (χ1) is 5.69. The number of hydrogen-bond donors (Lipinski definition) is 1. The predicted octanol–water partition coefficient (Wildman–Crippen LogP) is 0.564. The lowest BCUT2D eigenvalue weighted by Gasteiger charge is -2.19. The van der Waals surface area contributed by atoms with Gasteiger partial charge < -0.3 is 15.4 Å². The highest BCUT2D eigenvalue weighted by Gasteiger charge is 2.32. The van der Waals surface area contributed by atoms with Crippen molar-refractivity contribution in [2.45, 2.75) is 32.4 Å². The van der Waals surface area contributed by atoms with E-state index in [0.717, 1.165) is 6.42 Å². The minimum atomic E-state index is -0.222. The number of hydrogen-bond acceptors (Lipinski definition) is 3. The minimum absolute atomic E-state index is 0.105. The molecule has 2 N–H and O–H groups in total. The predicted molar refractivity (Wildman–Crippen MR) is 45.8 cm³/mol. The van der Waals surface area contributed by atoms with Gasteiger partial charge in [-0.2, -0.15) is 0 Å². The highest BCUT2D eigenvalue weighted by atomic mass is 16.6. The van der Waals surface area contributed by atoms with Crippen LogP contribution in [-0.4, -0.2) is 36.2 Å². The van der Waals surface area contributed by atoms with Crippen LogP contribution in [0.1, 0.15) is 20.3 Å². The Labute approximate surface area is 72.7 Å². The maximum atomic E-state index is 11.2. The first kappa shape index (κ1) is 9.32. The lowest BCUT2D eigenvalue weighted by atomic mass is 10.2. The Bertz CT molecular complexity index is 172. The molecular formula is C8H16N2O2. The third-order valence-corrected chi connectivity index (χ3v) is 2.29. The fraction of sp³-hybridized carbons (Fsp3) is 0.875. The van der Waals surface area contributed by atoms with E-state index in [2.05, 4.69) is 0 Å². The standard InChI is InChI=1S/C8H16N2O2/c1-3-6(2)10-5-7(4-9)12-8(10)11/h6-7H,3-5,9H2,1-2H3. The molecule has 0 spiro atoms. The van der Waals surface area contributed by atoms with Crippen LogP contribution >= 0.6 is 0 Å². The Hall–Kier alpha value is -0.770. The summed E-state index contributed by atoms with van der Waals surface area (Å²) in [5.74, 6) is 0. The normalized spacial score (nSPS) is 25.8. The van der Waals surface area contributed by atoms with E-state index in [-0.39, 0.29) is 18.2 Å². The van der Waals surface area contributed by atoms with Crippen LogP contribution in [0.4, 0.5) is 4.79 Å².